The van der Waals surface area contributed by atoms with Crippen molar-refractivity contribution in [2.75, 3.05) is 6.61 Å². The SMILES string of the molecule is CCCCCCCCCCOC(=O)NC(C)c1ccccc1. The summed E-state index contributed by atoms with van der Waals surface area (Å²) >= 11 is 0. The molecule has 0 radical (unpaired) electrons. The minimum absolute atomic E-state index is 0.0211. The maximum absolute atomic E-state index is 11.7. The van der Waals surface area contributed by atoms with Gasteiger partial charge >= 0.3 is 6.09 Å². The van der Waals surface area contributed by atoms with Crippen LogP contribution in [0.1, 0.15) is 76.8 Å². The first-order valence-corrected chi connectivity index (χ1v) is 8.72. The van der Waals surface area contributed by atoms with Gasteiger partial charge in [0.2, 0.25) is 0 Å². The van der Waals surface area contributed by atoms with E-state index in [1.807, 2.05) is 37.3 Å². The van der Waals surface area contributed by atoms with Crippen LogP contribution in [0, 0.1) is 0 Å². The summed E-state index contributed by atoms with van der Waals surface area (Å²) in [4.78, 5) is 11.7. The average Bonchev–Trinajstić information content (AvgIpc) is 2.54. The Labute approximate surface area is 135 Å². The third-order valence-corrected chi connectivity index (χ3v) is 3.86. The molecule has 124 valence electrons. The van der Waals surface area contributed by atoms with Gasteiger partial charge in [-0.2, -0.15) is 0 Å². The fraction of sp³-hybridized carbons (Fsp3) is 0.632. The van der Waals surface area contributed by atoms with E-state index in [0.29, 0.717) is 6.61 Å². The Kier molecular flexibility index (Phi) is 10.2. The molecule has 1 atom stereocenters. The molecule has 0 heterocycles. The summed E-state index contributed by atoms with van der Waals surface area (Å²) < 4.78 is 5.23. The van der Waals surface area contributed by atoms with E-state index in [1.165, 1.54) is 38.5 Å². The fourth-order valence-electron chi connectivity index (χ4n) is 2.44. The summed E-state index contributed by atoms with van der Waals surface area (Å²) in [6.45, 7) is 4.72. The Morgan fingerprint density at radius 3 is 2.23 bits per heavy atom. The molecule has 1 amide bonds. The molecule has 0 aromatic heterocycles. The second-order valence-corrected chi connectivity index (χ2v) is 5.89. The number of amides is 1. The van der Waals surface area contributed by atoms with Crippen molar-refractivity contribution in [3.05, 3.63) is 35.9 Å². The van der Waals surface area contributed by atoms with E-state index in [0.717, 1.165) is 18.4 Å². The van der Waals surface area contributed by atoms with Gasteiger partial charge in [-0.05, 0) is 18.9 Å². The van der Waals surface area contributed by atoms with Gasteiger partial charge in [-0.25, -0.2) is 4.79 Å². The number of benzene rings is 1. The molecule has 0 spiro atoms. The zero-order valence-electron chi connectivity index (χ0n) is 14.1. The predicted molar refractivity (Wildman–Crippen MR) is 92.0 cm³/mol. The quantitative estimate of drug-likeness (QED) is 0.539. The van der Waals surface area contributed by atoms with E-state index in [9.17, 15) is 4.79 Å². The van der Waals surface area contributed by atoms with Crippen LogP contribution in [0.4, 0.5) is 4.79 Å². The highest BCUT2D eigenvalue weighted by Gasteiger charge is 2.09. The zero-order valence-corrected chi connectivity index (χ0v) is 14.1. The molecule has 1 aromatic rings. The van der Waals surface area contributed by atoms with E-state index >= 15 is 0 Å². The van der Waals surface area contributed by atoms with Crippen LogP contribution in [0.15, 0.2) is 30.3 Å². The van der Waals surface area contributed by atoms with Gasteiger partial charge in [0, 0.05) is 0 Å². The summed E-state index contributed by atoms with van der Waals surface area (Å²) in [6, 6.07) is 9.90. The number of unbranched alkanes of at least 4 members (excludes halogenated alkanes) is 7. The smallest absolute Gasteiger partial charge is 0.407 e. The largest absolute Gasteiger partial charge is 0.450 e. The van der Waals surface area contributed by atoms with Crippen LogP contribution in [0.2, 0.25) is 0 Å². The number of hydrogen-bond donors (Lipinski definition) is 1. The van der Waals surface area contributed by atoms with Crippen LogP contribution < -0.4 is 5.32 Å². The number of rotatable bonds is 11. The molecule has 0 aliphatic heterocycles. The highest BCUT2D eigenvalue weighted by atomic mass is 16.5. The molecule has 0 bridgehead atoms. The lowest BCUT2D eigenvalue weighted by molar-refractivity contribution is 0.140. The molecule has 1 N–H and O–H groups in total. The van der Waals surface area contributed by atoms with Gasteiger partial charge in [-0.3, -0.25) is 0 Å². The van der Waals surface area contributed by atoms with Crippen molar-refractivity contribution in [1.82, 2.24) is 5.32 Å². The lowest BCUT2D eigenvalue weighted by Gasteiger charge is -2.14. The monoisotopic (exact) mass is 305 g/mol. The summed E-state index contributed by atoms with van der Waals surface area (Å²) in [5.74, 6) is 0. The van der Waals surface area contributed by atoms with Crippen molar-refractivity contribution in [1.29, 1.82) is 0 Å². The molecule has 3 nitrogen and oxygen atoms in total. The lowest BCUT2D eigenvalue weighted by atomic mass is 10.1. The van der Waals surface area contributed by atoms with Crippen LogP contribution in [-0.4, -0.2) is 12.7 Å². The number of nitrogens with one attached hydrogen (secondary N) is 1. The molecule has 22 heavy (non-hydrogen) atoms. The van der Waals surface area contributed by atoms with E-state index in [4.69, 9.17) is 4.74 Å². The number of ether oxygens (including phenoxy) is 1. The van der Waals surface area contributed by atoms with Crippen molar-refractivity contribution in [2.24, 2.45) is 0 Å². The van der Waals surface area contributed by atoms with Crippen molar-refractivity contribution in [2.45, 2.75) is 71.3 Å². The van der Waals surface area contributed by atoms with E-state index in [1.54, 1.807) is 0 Å². The third-order valence-electron chi connectivity index (χ3n) is 3.86. The number of alkyl carbamates (subject to hydrolysis) is 1. The Balaban J connectivity index is 2.00. The molecule has 1 aromatic carbocycles. The minimum atomic E-state index is -0.320. The lowest BCUT2D eigenvalue weighted by Crippen LogP contribution is -2.27. The van der Waals surface area contributed by atoms with Crippen molar-refractivity contribution in [3.8, 4) is 0 Å². The Morgan fingerprint density at radius 2 is 1.59 bits per heavy atom. The van der Waals surface area contributed by atoms with Crippen molar-refractivity contribution in [3.63, 3.8) is 0 Å². The molecular weight excluding hydrogens is 274 g/mol. The van der Waals surface area contributed by atoms with Crippen LogP contribution >= 0.6 is 0 Å². The minimum Gasteiger partial charge on any atom is -0.450 e. The van der Waals surface area contributed by atoms with Gasteiger partial charge in [0.1, 0.15) is 0 Å². The highest BCUT2D eigenvalue weighted by molar-refractivity contribution is 5.67. The van der Waals surface area contributed by atoms with Gasteiger partial charge < -0.3 is 10.1 Å². The van der Waals surface area contributed by atoms with Crippen LogP contribution in [0.25, 0.3) is 0 Å². The molecule has 0 saturated carbocycles. The Morgan fingerprint density at radius 1 is 1.00 bits per heavy atom. The molecule has 1 rings (SSSR count). The normalized spacial score (nSPS) is 11.9. The maximum atomic E-state index is 11.7. The molecule has 0 aliphatic carbocycles. The summed E-state index contributed by atoms with van der Waals surface area (Å²) in [5.41, 5.74) is 1.09. The van der Waals surface area contributed by atoms with Crippen LogP contribution in [-0.2, 0) is 4.74 Å². The number of carbonyl (C=O) groups excluding carboxylic acids is 1. The summed E-state index contributed by atoms with van der Waals surface area (Å²) in [6.07, 6.45) is 9.67. The first kappa shape index (κ1) is 18.5. The standard InChI is InChI=1S/C19H31NO2/c1-3-4-5-6-7-8-9-13-16-22-19(21)20-17(2)18-14-11-10-12-15-18/h10-12,14-15,17H,3-9,13,16H2,1-2H3,(H,20,21). The molecule has 0 saturated heterocycles. The average molecular weight is 305 g/mol. The first-order valence-electron chi connectivity index (χ1n) is 8.72. The molecule has 3 heteroatoms. The second-order valence-electron chi connectivity index (χ2n) is 5.89. The Hall–Kier alpha value is -1.51. The fourth-order valence-corrected chi connectivity index (χ4v) is 2.44. The summed E-state index contributed by atoms with van der Waals surface area (Å²) in [7, 11) is 0. The van der Waals surface area contributed by atoms with E-state index in [2.05, 4.69) is 12.2 Å². The van der Waals surface area contributed by atoms with Gasteiger partial charge in [0.25, 0.3) is 0 Å². The summed E-state index contributed by atoms with van der Waals surface area (Å²) in [5, 5.41) is 2.86. The number of hydrogen-bond acceptors (Lipinski definition) is 2. The first-order chi connectivity index (χ1) is 10.7. The zero-order chi connectivity index (χ0) is 16.0. The molecule has 0 fully saturated rings. The van der Waals surface area contributed by atoms with Gasteiger partial charge in [-0.1, -0.05) is 82.2 Å². The van der Waals surface area contributed by atoms with Crippen LogP contribution in [0.3, 0.4) is 0 Å². The predicted octanol–water partition coefficient (Wildman–Crippen LogP) is 5.61. The van der Waals surface area contributed by atoms with E-state index in [-0.39, 0.29) is 12.1 Å². The van der Waals surface area contributed by atoms with Crippen molar-refractivity contribution < 1.29 is 9.53 Å². The number of carbonyl (C=O) groups is 1. The highest BCUT2D eigenvalue weighted by Crippen LogP contribution is 2.11. The van der Waals surface area contributed by atoms with Gasteiger partial charge in [0.15, 0.2) is 0 Å². The van der Waals surface area contributed by atoms with E-state index < -0.39 is 0 Å². The molecule has 0 aliphatic rings. The third kappa shape index (κ3) is 8.71. The Bertz CT molecular complexity index is 392. The van der Waals surface area contributed by atoms with Crippen molar-refractivity contribution >= 4 is 6.09 Å². The molecule has 1 unspecified atom stereocenters. The van der Waals surface area contributed by atoms with Gasteiger partial charge in [-0.15, -0.1) is 0 Å². The van der Waals surface area contributed by atoms with Gasteiger partial charge in [0.05, 0.1) is 12.6 Å². The topological polar surface area (TPSA) is 38.3 Å². The maximum Gasteiger partial charge on any atom is 0.407 e. The molecular formula is C19H31NO2. The van der Waals surface area contributed by atoms with Crippen LogP contribution in [0.5, 0.6) is 0 Å². The second kappa shape index (κ2) is 12.1.